The van der Waals surface area contributed by atoms with Crippen molar-refractivity contribution in [3.8, 4) is 5.75 Å². The molecule has 2 amide bonds. The smallest absolute Gasteiger partial charge is 0.269 e. The van der Waals surface area contributed by atoms with Crippen molar-refractivity contribution >= 4 is 17.5 Å². The molecule has 10 nitrogen and oxygen atoms in total. The van der Waals surface area contributed by atoms with Crippen LogP contribution in [0, 0.1) is 10.1 Å². The van der Waals surface area contributed by atoms with Gasteiger partial charge in [-0.3, -0.25) is 24.6 Å². The van der Waals surface area contributed by atoms with Crippen LogP contribution in [0.2, 0.25) is 0 Å². The Kier molecular flexibility index (Phi) is 9.16. The highest BCUT2D eigenvalue weighted by Gasteiger charge is 2.37. The van der Waals surface area contributed by atoms with Crippen molar-refractivity contribution in [3.63, 3.8) is 0 Å². The highest BCUT2D eigenvalue weighted by atomic mass is 16.6. The molecule has 2 aromatic rings. The molecule has 35 heavy (non-hydrogen) atoms. The van der Waals surface area contributed by atoms with E-state index in [4.69, 9.17) is 10.5 Å². The molecular weight excluding hydrogens is 450 g/mol. The van der Waals surface area contributed by atoms with E-state index in [1.807, 2.05) is 24.3 Å². The second-order valence-corrected chi connectivity index (χ2v) is 8.67. The fraction of sp³-hybridized carbons (Fsp3) is 0.440. The summed E-state index contributed by atoms with van der Waals surface area (Å²) in [5, 5.41) is 13.9. The van der Waals surface area contributed by atoms with E-state index in [1.54, 1.807) is 24.1 Å². The van der Waals surface area contributed by atoms with Crippen molar-refractivity contribution in [1.82, 2.24) is 15.1 Å². The van der Waals surface area contributed by atoms with Crippen LogP contribution in [0.4, 0.5) is 5.69 Å². The predicted molar refractivity (Wildman–Crippen MR) is 132 cm³/mol. The molecule has 2 aromatic carbocycles. The van der Waals surface area contributed by atoms with Gasteiger partial charge in [0.05, 0.1) is 12.0 Å². The summed E-state index contributed by atoms with van der Waals surface area (Å²) in [6.07, 6.45) is 1.18. The minimum absolute atomic E-state index is 0.0145. The zero-order valence-corrected chi connectivity index (χ0v) is 20.2. The molecule has 0 aliphatic carbocycles. The number of rotatable bonds is 10. The number of methoxy groups -OCH3 is 1. The minimum atomic E-state index is -0.581. The number of likely N-dealkylation sites (tertiary alicyclic amines) is 1. The molecule has 1 heterocycles. The number of nitrogens with two attached hydrogens (primary N) is 1. The van der Waals surface area contributed by atoms with Gasteiger partial charge in [0.1, 0.15) is 11.8 Å². The summed E-state index contributed by atoms with van der Waals surface area (Å²) < 4.78 is 5.37. The zero-order valence-electron chi connectivity index (χ0n) is 20.2. The Labute approximate surface area is 205 Å². The van der Waals surface area contributed by atoms with Crippen LogP contribution in [0.3, 0.4) is 0 Å². The lowest BCUT2D eigenvalue weighted by molar-refractivity contribution is -0.384. The lowest BCUT2D eigenvalue weighted by Gasteiger charge is -2.42. The highest BCUT2D eigenvalue weighted by Crippen LogP contribution is 2.27. The molecule has 0 aromatic heterocycles. The number of ether oxygens (including phenoxy) is 1. The third-order valence-electron chi connectivity index (χ3n) is 6.29. The average molecular weight is 484 g/mol. The molecule has 1 fully saturated rings. The van der Waals surface area contributed by atoms with E-state index in [0.717, 1.165) is 16.9 Å². The molecule has 0 bridgehead atoms. The molecule has 0 spiro atoms. The molecule has 10 heteroatoms. The maximum absolute atomic E-state index is 12.9. The summed E-state index contributed by atoms with van der Waals surface area (Å²) in [6.45, 7) is 3.75. The first-order valence-electron chi connectivity index (χ1n) is 11.7. The molecule has 2 atom stereocenters. The summed E-state index contributed by atoms with van der Waals surface area (Å²) >= 11 is 0. The van der Waals surface area contributed by atoms with Crippen LogP contribution in [0.15, 0.2) is 48.5 Å². The Hall–Kier alpha value is -3.50. The number of carbonyl (C=O) groups is 2. The van der Waals surface area contributed by atoms with Crippen molar-refractivity contribution in [3.05, 3.63) is 69.8 Å². The number of piperidine rings is 1. The standard InChI is InChI=1S/C25H33N5O5/c1-18(31)29-13-10-22(15-24(29)25(32)27-12-11-26)28(17-20-4-3-5-23(14-20)35-2)16-19-6-8-21(9-7-19)30(33)34/h3-9,14,22,24H,10-13,15-17,26H2,1-2H3,(H,27,32)/t22?,24-/m1/s1. The molecule has 188 valence electrons. The topological polar surface area (TPSA) is 131 Å². The fourth-order valence-electron chi connectivity index (χ4n) is 4.49. The van der Waals surface area contributed by atoms with E-state index in [1.165, 1.54) is 19.1 Å². The lowest BCUT2D eigenvalue weighted by Crippen LogP contribution is -2.57. The van der Waals surface area contributed by atoms with Gasteiger partial charge >= 0.3 is 0 Å². The number of hydrogen-bond acceptors (Lipinski definition) is 7. The molecule has 1 aliphatic heterocycles. The Bertz CT molecular complexity index is 1030. The summed E-state index contributed by atoms with van der Waals surface area (Å²) in [6, 6.07) is 13.7. The largest absolute Gasteiger partial charge is 0.497 e. The van der Waals surface area contributed by atoms with Gasteiger partial charge in [-0.05, 0) is 36.1 Å². The second-order valence-electron chi connectivity index (χ2n) is 8.67. The van der Waals surface area contributed by atoms with Gasteiger partial charge in [-0.25, -0.2) is 0 Å². The van der Waals surface area contributed by atoms with E-state index in [-0.39, 0.29) is 23.5 Å². The van der Waals surface area contributed by atoms with Crippen LogP contribution in [0.5, 0.6) is 5.75 Å². The number of benzene rings is 2. The van der Waals surface area contributed by atoms with E-state index in [2.05, 4.69) is 10.2 Å². The van der Waals surface area contributed by atoms with Crippen LogP contribution in [-0.4, -0.2) is 65.4 Å². The van der Waals surface area contributed by atoms with Gasteiger partial charge in [0.15, 0.2) is 0 Å². The van der Waals surface area contributed by atoms with E-state index >= 15 is 0 Å². The Morgan fingerprint density at radius 3 is 2.54 bits per heavy atom. The number of hydrogen-bond donors (Lipinski definition) is 2. The number of nitro groups is 1. The number of nitrogens with zero attached hydrogens (tertiary/aromatic N) is 3. The fourth-order valence-corrected chi connectivity index (χ4v) is 4.49. The van der Waals surface area contributed by atoms with Crippen molar-refractivity contribution in [2.45, 2.75) is 44.9 Å². The average Bonchev–Trinajstić information content (AvgIpc) is 2.86. The van der Waals surface area contributed by atoms with Crippen LogP contribution >= 0.6 is 0 Å². The Balaban J connectivity index is 1.86. The van der Waals surface area contributed by atoms with Crippen molar-refractivity contribution in [2.75, 3.05) is 26.7 Å². The molecule has 0 radical (unpaired) electrons. The second kappa shape index (κ2) is 12.3. The molecule has 1 aliphatic rings. The monoisotopic (exact) mass is 483 g/mol. The minimum Gasteiger partial charge on any atom is -0.497 e. The molecule has 0 saturated carbocycles. The first-order valence-corrected chi connectivity index (χ1v) is 11.7. The zero-order chi connectivity index (χ0) is 25.4. The summed E-state index contributed by atoms with van der Waals surface area (Å²) in [4.78, 5) is 39.6. The van der Waals surface area contributed by atoms with Crippen molar-refractivity contribution < 1.29 is 19.2 Å². The summed E-state index contributed by atoms with van der Waals surface area (Å²) in [7, 11) is 1.62. The number of amides is 2. The number of nitrogens with one attached hydrogen (secondary N) is 1. The van der Waals surface area contributed by atoms with Crippen LogP contribution in [0.25, 0.3) is 0 Å². The molecule has 3 N–H and O–H groups in total. The maximum atomic E-state index is 12.9. The summed E-state index contributed by atoms with van der Waals surface area (Å²) in [5.74, 6) is 0.418. The quantitative estimate of drug-likeness (QED) is 0.391. The third-order valence-corrected chi connectivity index (χ3v) is 6.29. The van der Waals surface area contributed by atoms with Gasteiger partial charge in [-0.15, -0.1) is 0 Å². The van der Waals surface area contributed by atoms with E-state index in [0.29, 0.717) is 45.6 Å². The van der Waals surface area contributed by atoms with Crippen molar-refractivity contribution in [1.29, 1.82) is 0 Å². The van der Waals surface area contributed by atoms with Crippen molar-refractivity contribution in [2.24, 2.45) is 5.73 Å². The van der Waals surface area contributed by atoms with Gasteiger partial charge in [0.25, 0.3) is 5.69 Å². The van der Waals surface area contributed by atoms with Crippen LogP contribution < -0.4 is 15.8 Å². The normalized spacial score (nSPS) is 17.8. The predicted octanol–water partition coefficient (Wildman–Crippen LogP) is 2.06. The lowest BCUT2D eigenvalue weighted by atomic mass is 9.94. The molecule has 3 rings (SSSR count). The van der Waals surface area contributed by atoms with Gasteiger partial charge in [0.2, 0.25) is 11.8 Å². The van der Waals surface area contributed by atoms with E-state index < -0.39 is 11.0 Å². The van der Waals surface area contributed by atoms with Gasteiger partial charge < -0.3 is 20.7 Å². The Morgan fingerprint density at radius 1 is 1.20 bits per heavy atom. The molecule has 1 saturated heterocycles. The third kappa shape index (κ3) is 7.00. The van der Waals surface area contributed by atoms with Gasteiger partial charge in [-0.2, -0.15) is 0 Å². The highest BCUT2D eigenvalue weighted by molar-refractivity contribution is 5.87. The van der Waals surface area contributed by atoms with Gasteiger partial charge in [-0.1, -0.05) is 24.3 Å². The van der Waals surface area contributed by atoms with E-state index in [9.17, 15) is 19.7 Å². The van der Waals surface area contributed by atoms with Crippen LogP contribution in [0.1, 0.15) is 30.9 Å². The SMILES string of the molecule is COc1cccc(CN(Cc2ccc([N+](=O)[O-])cc2)C2CCN(C(C)=O)[C@@H](C(=O)NCCN)C2)c1. The van der Waals surface area contributed by atoms with Gasteiger partial charge in [0, 0.05) is 57.8 Å². The number of non-ortho nitro benzene ring substituents is 1. The number of nitro benzene ring substituents is 1. The first-order chi connectivity index (χ1) is 16.8. The number of carbonyl (C=O) groups excluding carboxylic acids is 2. The first kappa shape index (κ1) is 26.1. The Morgan fingerprint density at radius 2 is 1.91 bits per heavy atom. The maximum Gasteiger partial charge on any atom is 0.269 e. The summed E-state index contributed by atoms with van der Waals surface area (Å²) in [5.41, 5.74) is 7.56. The molecular formula is C25H33N5O5. The van der Waals surface area contributed by atoms with Crippen LogP contribution in [-0.2, 0) is 22.7 Å². The molecule has 1 unspecified atom stereocenters.